The van der Waals surface area contributed by atoms with E-state index in [-0.39, 0.29) is 13.0 Å². The third-order valence-corrected chi connectivity index (χ3v) is 4.34. The number of methoxy groups -OCH3 is 1. The van der Waals surface area contributed by atoms with Crippen molar-refractivity contribution in [2.45, 2.75) is 45.6 Å². The van der Waals surface area contributed by atoms with E-state index in [1.54, 1.807) is 6.26 Å². The Kier molecular flexibility index (Phi) is 5.52. The van der Waals surface area contributed by atoms with Crippen LogP contribution in [0.3, 0.4) is 0 Å². The Morgan fingerprint density at radius 2 is 2.04 bits per heavy atom. The van der Waals surface area contributed by atoms with Crippen LogP contribution in [0.4, 0.5) is 0 Å². The number of nitrogens with one attached hydrogen (secondary N) is 1. The third-order valence-electron chi connectivity index (χ3n) is 4.34. The molecule has 136 valence electrons. The van der Waals surface area contributed by atoms with Gasteiger partial charge in [0, 0.05) is 18.1 Å². The van der Waals surface area contributed by atoms with Crippen molar-refractivity contribution < 1.29 is 23.8 Å². The topological polar surface area (TPSA) is 88.8 Å². The number of ether oxygens (including phenoxy) is 1. The van der Waals surface area contributed by atoms with Crippen molar-refractivity contribution in [1.82, 2.24) is 5.32 Å². The smallest absolute Gasteiger partial charge is 0.331 e. The predicted molar refractivity (Wildman–Crippen MR) is 94.8 cm³/mol. The van der Waals surface area contributed by atoms with Crippen molar-refractivity contribution in [3.63, 3.8) is 0 Å². The van der Waals surface area contributed by atoms with Crippen LogP contribution in [-0.4, -0.2) is 36.2 Å². The van der Waals surface area contributed by atoms with Crippen molar-refractivity contribution in [3.8, 4) is 0 Å². The number of furan rings is 1. The summed E-state index contributed by atoms with van der Waals surface area (Å²) < 4.78 is 10.5. The van der Waals surface area contributed by atoms with Gasteiger partial charge in [-0.3, -0.25) is 4.79 Å². The number of rotatable bonds is 7. The molecule has 0 bridgehead atoms. The summed E-state index contributed by atoms with van der Waals surface area (Å²) in [7, 11) is 1.40. The van der Waals surface area contributed by atoms with Crippen LogP contribution >= 0.6 is 0 Å². The Hall–Kier alpha value is -2.34. The number of fused-ring (bicyclic) bond motifs is 1. The van der Waals surface area contributed by atoms with Gasteiger partial charge in [0.25, 0.3) is 0 Å². The van der Waals surface area contributed by atoms with E-state index >= 15 is 0 Å². The van der Waals surface area contributed by atoms with Crippen LogP contribution in [0.1, 0.15) is 43.4 Å². The van der Waals surface area contributed by atoms with Gasteiger partial charge in [0.1, 0.15) is 5.58 Å². The van der Waals surface area contributed by atoms with E-state index in [4.69, 9.17) is 9.15 Å². The SMILES string of the molecule is COCC(C)(NC(=O)Cc1coc2cc(C)c(C(C)C)cc12)C(=O)O. The van der Waals surface area contributed by atoms with E-state index in [0.29, 0.717) is 5.92 Å². The number of aliphatic carboxylic acids is 1. The largest absolute Gasteiger partial charge is 0.479 e. The van der Waals surface area contributed by atoms with Crippen LogP contribution in [0, 0.1) is 6.92 Å². The summed E-state index contributed by atoms with van der Waals surface area (Å²) in [5, 5.41) is 12.7. The Bertz CT molecular complexity index is 792. The summed E-state index contributed by atoms with van der Waals surface area (Å²) >= 11 is 0. The van der Waals surface area contributed by atoms with Gasteiger partial charge >= 0.3 is 5.97 Å². The minimum absolute atomic E-state index is 0.0418. The molecule has 1 aromatic heterocycles. The van der Waals surface area contributed by atoms with Crippen LogP contribution in [-0.2, 0) is 20.7 Å². The van der Waals surface area contributed by atoms with Crippen molar-refractivity contribution in [2.75, 3.05) is 13.7 Å². The fourth-order valence-electron chi connectivity index (χ4n) is 2.97. The van der Waals surface area contributed by atoms with Crippen LogP contribution in [0.15, 0.2) is 22.8 Å². The average molecular weight is 347 g/mol. The molecule has 0 spiro atoms. The molecule has 2 rings (SSSR count). The molecular formula is C19H25NO5. The molecule has 0 aliphatic heterocycles. The van der Waals surface area contributed by atoms with E-state index in [0.717, 1.165) is 22.1 Å². The van der Waals surface area contributed by atoms with Gasteiger partial charge in [-0.05, 0) is 43.0 Å². The summed E-state index contributed by atoms with van der Waals surface area (Å²) in [6.07, 6.45) is 1.60. The summed E-state index contributed by atoms with van der Waals surface area (Å²) in [6, 6.07) is 4.02. The first-order valence-electron chi connectivity index (χ1n) is 8.22. The zero-order valence-corrected chi connectivity index (χ0v) is 15.3. The van der Waals surface area contributed by atoms with Crippen molar-refractivity contribution in [3.05, 3.63) is 35.1 Å². The molecule has 1 atom stereocenters. The van der Waals surface area contributed by atoms with Gasteiger partial charge in [-0.15, -0.1) is 0 Å². The average Bonchev–Trinajstić information content (AvgIpc) is 2.87. The number of hydrogen-bond donors (Lipinski definition) is 2. The molecule has 0 radical (unpaired) electrons. The first kappa shape index (κ1) is 19.0. The first-order chi connectivity index (χ1) is 11.7. The fraction of sp³-hybridized carbons (Fsp3) is 0.474. The Balaban J connectivity index is 2.26. The zero-order chi connectivity index (χ0) is 18.8. The summed E-state index contributed by atoms with van der Waals surface area (Å²) in [5.74, 6) is -1.17. The lowest BCUT2D eigenvalue weighted by molar-refractivity contribution is -0.149. The molecule has 6 heteroatoms. The molecule has 2 N–H and O–H groups in total. The van der Waals surface area contributed by atoms with Gasteiger partial charge in [0.05, 0.1) is 19.3 Å². The van der Waals surface area contributed by atoms with E-state index in [1.165, 1.54) is 19.6 Å². The maximum absolute atomic E-state index is 12.4. The van der Waals surface area contributed by atoms with E-state index in [2.05, 4.69) is 19.2 Å². The zero-order valence-electron chi connectivity index (χ0n) is 15.3. The number of benzene rings is 1. The molecular weight excluding hydrogens is 322 g/mol. The Labute approximate surface area is 147 Å². The molecule has 1 heterocycles. The Morgan fingerprint density at radius 1 is 1.36 bits per heavy atom. The quantitative estimate of drug-likeness (QED) is 0.804. The van der Waals surface area contributed by atoms with Gasteiger partial charge in [-0.25, -0.2) is 4.79 Å². The van der Waals surface area contributed by atoms with Crippen LogP contribution in [0.2, 0.25) is 0 Å². The summed E-state index contributed by atoms with van der Waals surface area (Å²) in [4.78, 5) is 23.8. The highest BCUT2D eigenvalue weighted by atomic mass is 16.5. The molecule has 0 saturated carbocycles. The molecule has 1 aromatic carbocycles. The predicted octanol–water partition coefficient (Wildman–Crippen LogP) is 3.01. The minimum atomic E-state index is -1.47. The maximum atomic E-state index is 12.4. The Morgan fingerprint density at radius 3 is 2.60 bits per heavy atom. The monoisotopic (exact) mass is 347 g/mol. The summed E-state index contributed by atoms with van der Waals surface area (Å²) in [6.45, 7) is 7.57. The van der Waals surface area contributed by atoms with Crippen molar-refractivity contribution in [2.24, 2.45) is 0 Å². The molecule has 25 heavy (non-hydrogen) atoms. The highest BCUT2D eigenvalue weighted by molar-refractivity contribution is 5.91. The second-order valence-electron chi connectivity index (χ2n) is 6.92. The van der Waals surface area contributed by atoms with Crippen LogP contribution in [0.25, 0.3) is 11.0 Å². The van der Waals surface area contributed by atoms with E-state index < -0.39 is 17.4 Å². The maximum Gasteiger partial charge on any atom is 0.331 e. The lowest BCUT2D eigenvalue weighted by atomic mass is 9.95. The standard InChI is InChI=1S/C19H25NO5/c1-11(2)14-8-15-13(9-25-16(15)6-12(14)3)7-17(21)20-19(4,10-24-5)18(22)23/h6,8-9,11H,7,10H2,1-5H3,(H,20,21)(H,22,23). The minimum Gasteiger partial charge on any atom is -0.479 e. The third kappa shape index (κ3) is 4.02. The molecule has 2 aromatic rings. The molecule has 1 amide bonds. The van der Waals surface area contributed by atoms with E-state index in [9.17, 15) is 14.7 Å². The molecule has 0 fully saturated rings. The van der Waals surface area contributed by atoms with Gasteiger partial charge in [0.15, 0.2) is 5.54 Å². The van der Waals surface area contributed by atoms with Gasteiger partial charge in [0.2, 0.25) is 5.91 Å². The number of carbonyl (C=O) groups excluding carboxylic acids is 1. The molecule has 0 saturated heterocycles. The van der Waals surface area contributed by atoms with Crippen molar-refractivity contribution >= 4 is 22.8 Å². The second kappa shape index (κ2) is 7.27. The number of carboxylic acid groups (broad SMARTS) is 1. The van der Waals surface area contributed by atoms with Gasteiger partial charge in [-0.1, -0.05) is 13.8 Å². The molecule has 1 unspecified atom stereocenters. The molecule has 0 aliphatic carbocycles. The number of hydrogen-bond acceptors (Lipinski definition) is 4. The second-order valence-corrected chi connectivity index (χ2v) is 6.92. The van der Waals surface area contributed by atoms with Gasteiger partial charge in [-0.2, -0.15) is 0 Å². The number of aryl methyl sites for hydroxylation is 1. The van der Waals surface area contributed by atoms with Crippen LogP contribution in [0.5, 0.6) is 0 Å². The summed E-state index contributed by atoms with van der Waals surface area (Å²) in [5.41, 5.74) is 2.34. The molecule has 6 nitrogen and oxygen atoms in total. The highest BCUT2D eigenvalue weighted by Gasteiger charge is 2.35. The lowest BCUT2D eigenvalue weighted by Crippen LogP contribution is -2.55. The highest BCUT2D eigenvalue weighted by Crippen LogP contribution is 2.29. The number of carboxylic acids is 1. The van der Waals surface area contributed by atoms with E-state index in [1.807, 2.05) is 19.1 Å². The van der Waals surface area contributed by atoms with Crippen LogP contribution < -0.4 is 5.32 Å². The molecule has 0 aliphatic rings. The fourth-order valence-corrected chi connectivity index (χ4v) is 2.97. The normalized spacial score (nSPS) is 13.8. The number of carbonyl (C=O) groups is 2. The van der Waals surface area contributed by atoms with Gasteiger partial charge < -0.3 is 19.6 Å². The first-order valence-corrected chi connectivity index (χ1v) is 8.22. The van der Waals surface area contributed by atoms with Crippen molar-refractivity contribution in [1.29, 1.82) is 0 Å². The number of amides is 1. The lowest BCUT2D eigenvalue weighted by Gasteiger charge is -2.25.